The minimum Gasteiger partial charge on any atom is -0.320 e. The first-order valence-electron chi connectivity index (χ1n) is 4.85. The third-order valence-corrected chi connectivity index (χ3v) is 2.30. The average Bonchev–Trinajstić information content (AvgIpc) is 2.27. The molecule has 0 spiro atoms. The van der Waals surface area contributed by atoms with Crippen molar-refractivity contribution in [1.29, 1.82) is 0 Å². The molecule has 3 nitrogen and oxygen atoms in total. The predicted molar refractivity (Wildman–Crippen MR) is 65.3 cm³/mol. The summed E-state index contributed by atoms with van der Waals surface area (Å²) in [5, 5.41) is 0. The zero-order valence-electron chi connectivity index (χ0n) is 9.31. The van der Waals surface area contributed by atoms with E-state index >= 15 is 0 Å². The van der Waals surface area contributed by atoms with Gasteiger partial charge in [0, 0.05) is 12.7 Å². The van der Waals surface area contributed by atoms with Crippen LogP contribution in [0.5, 0.6) is 0 Å². The van der Waals surface area contributed by atoms with Crippen molar-refractivity contribution in [3.05, 3.63) is 30.1 Å². The Morgan fingerprint density at radius 3 is 2.38 bits per heavy atom. The van der Waals surface area contributed by atoms with E-state index in [0.29, 0.717) is 12.1 Å². The summed E-state index contributed by atoms with van der Waals surface area (Å²) in [7, 11) is 1.63. The molecule has 90 valence electrons. The number of nitrogens with two attached hydrogens (primary N) is 1. The van der Waals surface area contributed by atoms with Gasteiger partial charge in [-0.1, -0.05) is 6.92 Å². The number of amides is 1. The first-order chi connectivity index (χ1) is 7.06. The molecular weight excluding hydrogens is 231 g/mol. The number of hydrogen-bond acceptors (Lipinski definition) is 2. The Bertz CT molecular complexity index is 342. The van der Waals surface area contributed by atoms with Gasteiger partial charge in [0.1, 0.15) is 5.82 Å². The second-order valence-electron chi connectivity index (χ2n) is 3.39. The molecule has 0 saturated heterocycles. The van der Waals surface area contributed by atoms with Crippen molar-refractivity contribution in [2.75, 3.05) is 11.9 Å². The van der Waals surface area contributed by atoms with Gasteiger partial charge >= 0.3 is 0 Å². The summed E-state index contributed by atoms with van der Waals surface area (Å²) in [6.45, 7) is 1.85. The second kappa shape index (κ2) is 6.45. The van der Waals surface area contributed by atoms with Crippen LogP contribution in [-0.2, 0) is 4.79 Å². The van der Waals surface area contributed by atoms with E-state index in [1.54, 1.807) is 19.2 Å². The van der Waals surface area contributed by atoms with Crippen LogP contribution < -0.4 is 10.6 Å². The quantitative estimate of drug-likeness (QED) is 0.886. The minimum atomic E-state index is -0.500. The summed E-state index contributed by atoms with van der Waals surface area (Å²) in [6.07, 6.45) is 0.588. The molecule has 0 aliphatic rings. The zero-order valence-corrected chi connectivity index (χ0v) is 10.1. The summed E-state index contributed by atoms with van der Waals surface area (Å²) < 4.78 is 12.6. The first-order valence-corrected chi connectivity index (χ1v) is 4.85. The third kappa shape index (κ3) is 3.47. The number of halogens is 2. The highest BCUT2D eigenvalue weighted by molar-refractivity contribution is 5.96. The van der Waals surface area contributed by atoms with Gasteiger partial charge in [0.25, 0.3) is 0 Å². The monoisotopic (exact) mass is 246 g/mol. The van der Waals surface area contributed by atoms with Crippen molar-refractivity contribution in [3.63, 3.8) is 0 Å². The molecule has 1 atom stereocenters. The Morgan fingerprint density at radius 2 is 1.94 bits per heavy atom. The van der Waals surface area contributed by atoms with Crippen LogP contribution >= 0.6 is 12.4 Å². The number of carbonyl (C=O) groups is 1. The molecule has 0 aliphatic carbocycles. The van der Waals surface area contributed by atoms with Crippen molar-refractivity contribution >= 4 is 24.0 Å². The van der Waals surface area contributed by atoms with Crippen LogP contribution in [0, 0.1) is 5.82 Å². The number of anilines is 1. The first kappa shape index (κ1) is 14.9. The van der Waals surface area contributed by atoms with E-state index < -0.39 is 6.04 Å². The number of likely N-dealkylation sites (N-methyl/N-ethyl adjacent to an activating group) is 1. The molecule has 1 rings (SSSR count). The van der Waals surface area contributed by atoms with Crippen LogP contribution in [0.4, 0.5) is 10.1 Å². The van der Waals surface area contributed by atoms with E-state index in [4.69, 9.17) is 5.73 Å². The number of carbonyl (C=O) groups excluding carboxylic acids is 1. The Kier molecular flexibility index (Phi) is 6.00. The molecule has 0 aliphatic heterocycles. The molecule has 0 heterocycles. The van der Waals surface area contributed by atoms with Crippen molar-refractivity contribution in [3.8, 4) is 0 Å². The van der Waals surface area contributed by atoms with Crippen LogP contribution in [0.3, 0.4) is 0 Å². The maximum atomic E-state index is 12.6. The second-order valence-corrected chi connectivity index (χ2v) is 3.39. The van der Waals surface area contributed by atoms with E-state index in [1.165, 1.54) is 17.0 Å². The van der Waals surface area contributed by atoms with Gasteiger partial charge < -0.3 is 10.6 Å². The fraction of sp³-hybridized carbons (Fsp3) is 0.364. The largest absolute Gasteiger partial charge is 0.320 e. The van der Waals surface area contributed by atoms with Gasteiger partial charge in [0.15, 0.2) is 0 Å². The molecule has 0 bridgehead atoms. The van der Waals surface area contributed by atoms with Gasteiger partial charge in [0.05, 0.1) is 6.04 Å². The lowest BCUT2D eigenvalue weighted by Gasteiger charge is -2.20. The fourth-order valence-corrected chi connectivity index (χ4v) is 1.22. The molecule has 0 unspecified atom stereocenters. The Balaban J connectivity index is 0.00000225. The van der Waals surface area contributed by atoms with E-state index in [9.17, 15) is 9.18 Å². The maximum Gasteiger partial charge on any atom is 0.243 e. The van der Waals surface area contributed by atoms with Crippen LogP contribution in [0.1, 0.15) is 13.3 Å². The standard InChI is InChI=1S/C11H15FN2O.ClH/c1-3-10(13)11(15)14(2)9-6-4-8(12)5-7-9;/h4-7,10H,3,13H2,1-2H3;1H/t10-;/m0./s1. The van der Waals surface area contributed by atoms with Gasteiger partial charge in [-0.3, -0.25) is 4.79 Å². The van der Waals surface area contributed by atoms with Crippen molar-refractivity contribution in [2.45, 2.75) is 19.4 Å². The molecule has 16 heavy (non-hydrogen) atoms. The molecule has 2 N–H and O–H groups in total. The molecule has 0 radical (unpaired) electrons. The Labute approximate surface area is 101 Å². The number of benzene rings is 1. The smallest absolute Gasteiger partial charge is 0.243 e. The Morgan fingerprint density at radius 1 is 1.44 bits per heavy atom. The average molecular weight is 247 g/mol. The highest BCUT2D eigenvalue weighted by Gasteiger charge is 2.17. The number of nitrogens with zero attached hydrogens (tertiary/aromatic N) is 1. The third-order valence-electron chi connectivity index (χ3n) is 2.30. The van der Waals surface area contributed by atoms with Crippen molar-refractivity contribution in [2.24, 2.45) is 5.73 Å². The van der Waals surface area contributed by atoms with E-state index in [-0.39, 0.29) is 24.1 Å². The highest BCUT2D eigenvalue weighted by atomic mass is 35.5. The zero-order chi connectivity index (χ0) is 11.4. The van der Waals surface area contributed by atoms with Crippen molar-refractivity contribution < 1.29 is 9.18 Å². The van der Waals surface area contributed by atoms with Crippen molar-refractivity contribution in [1.82, 2.24) is 0 Å². The van der Waals surface area contributed by atoms with Gasteiger partial charge in [0.2, 0.25) is 5.91 Å². The summed E-state index contributed by atoms with van der Waals surface area (Å²) >= 11 is 0. The molecule has 0 saturated carbocycles. The Hall–Kier alpha value is -1.13. The minimum absolute atomic E-state index is 0. The van der Waals surface area contributed by atoms with Gasteiger partial charge in [-0.05, 0) is 30.7 Å². The molecule has 1 amide bonds. The predicted octanol–water partition coefficient (Wildman–Crippen LogP) is 1.95. The number of hydrogen-bond donors (Lipinski definition) is 1. The molecule has 0 aromatic heterocycles. The lowest BCUT2D eigenvalue weighted by atomic mass is 10.2. The van der Waals surface area contributed by atoms with Gasteiger partial charge in [-0.25, -0.2) is 4.39 Å². The van der Waals surface area contributed by atoms with Gasteiger partial charge in [-0.2, -0.15) is 0 Å². The maximum absolute atomic E-state index is 12.6. The van der Waals surface area contributed by atoms with E-state index in [0.717, 1.165) is 0 Å². The fourth-order valence-electron chi connectivity index (χ4n) is 1.22. The summed E-state index contributed by atoms with van der Waals surface area (Å²) in [5.74, 6) is -0.483. The van der Waals surface area contributed by atoms with E-state index in [2.05, 4.69) is 0 Å². The lowest BCUT2D eigenvalue weighted by Crippen LogP contribution is -2.41. The molecule has 5 heteroatoms. The number of rotatable bonds is 3. The SMILES string of the molecule is CC[C@H](N)C(=O)N(C)c1ccc(F)cc1.Cl. The molecule has 1 aromatic rings. The molecular formula is C11H16ClFN2O. The van der Waals surface area contributed by atoms with Gasteiger partial charge in [-0.15, -0.1) is 12.4 Å². The van der Waals surface area contributed by atoms with Crippen LogP contribution in [0.2, 0.25) is 0 Å². The normalized spacial score (nSPS) is 11.5. The topological polar surface area (TPSA) is 46.3 Å². The summed E-state index contributed by atoms with van der Waals surface area (Å²) in [6, 6.07) is 5.23. The molecule has 1 aromatic carbocycles. The summed E-state index contributed by atoms with van der Waals surface area (Å²) in [5.41, 5.74) is 6.26. The summed E-state index contributed by atoms with van der Waals surface area (Å²) in [4.78, 5) is 13.1. The lowest BCUT2D eigenvalue weighted by molar-refractivity contribution is -0.119. The molecule has 0 fully saturated rings. The highest BCUT2D eigenvalue weighted by Crippen LogP contribution is 2.14. The van der Waals surface area contributed by atoms with E-state index in [1.807, 2.05) is 6.92 Å². The van der Waals surface area contributed by atoms with Crippen LogP contribution in [0.15, 0.2) is 24.3 Å². The van der Waals surface area contributed by atoms with Crippen LogP contribution in [-0.4, -0.2) is 19.0 Å². The van der Waals surface area contributed by atoms with Crippen LogP contribution in [0.25, 0.3) is 0 Å².